The van der Waals surface area contributed by atoms with Gasteiger partial charge in [0.25, 0.3) is 5.91 Å². The third kappa shape index (κ3) is 4.48. The summed E-state index contributed by atoms with van der Waals surface area (Å²) in [4.78, 5) is 12.3. The lowest BCUT2D eigenvalue weighted by Gasteiger charge is -2.19. The molecule has 1 amide bonds. The number of ether oxygens (including phenoxy) is 3. The van der Waals surface area contributed by atoms with E-state index in [1.807, 2.05) is 0 Å². The van der Waals surface area contributed by atoms with Gasteiger partial charge >= 0.3 is 0 Å². The number of benzene rings is 2. The molecule has 2 aromatic carbocycles. The molecule has 1 N–H and O–H groups in total. The number of carbonyl (C=O) groups excluding carboxylic acids is 1. The molecule has 0 spiro atoms. The van der Waals surface area contributed by atoms with Crippen LogP contribution in [0.5, 0.6) is 17.2 Å². The summed E-state index contributed by atoms with van der Waals surface area (Å²) in [6.07, 6.45) is 1.63. The quantitative estimate of drug-likeness (QED) is 0.724. The van der Waals surface area contributed by atoms with Crippen LogP contribution in [0.15, 0.2) is 41.3 Å². The molecule has 10 heteroatoms. The van der Waals surface area contributed by atoms with Crippen LogP contribution in [-0.2, 0) is 14.8 Å². The van der Waals surface area contributed by atoms with Gasteiger partial charge < -0.3 is 19.5 Å². The van der Waals surface area contributed by atoms with Gasteiger partial charge in [-0.3, -0.25) is 4.79 Å². The maximum atomic E-state index is 12.9. The van der Waals surface area contributed by atoms with E-state index >= 15 is 0 Å². The number of nitrogens with one attached hydrogen (secondary N) is 1. The van der Waals surface area contributed by atoms with Crippen molar-refractivity contribution >= 4 is 33.2 Å². The van der Waals surface area contributed by atoms with E-state index in [2.05, 4.69) is 5.32 Å². The molecule has 160 valence electrons. The van der Waals surface area contributed by atoms with Crippen LogP contribution in [0.25, 0.3) is 0 Å². The van der Waals surface area contributed by atoms with Crippen LogP contribution >= 0.6 is 11.6 Å². The Labute approximate surface area is 179 Å². The van der Waals surface area contributed by atoms with E-state index in [9.17, 15) is 13.2 Å². The molecule has 0 aliphatic carbocycles. The standard InChI is InChI=1S/C20H21ClN2O6S/c21-14-3-5-17(19(11-14)30(25,26)23-7-1-2-8-23)29-13-20(24)22-15-4-6-16-18(12-15)28-10-9-27-16/h3-6,11-12H,1-2,7-10,13H2,(H,22,24). The van der Waals surface area contributed by atoms with Crippen molar-refractivity contribution in [3.8, 4) is 17.2 Å². The Morgan fingerprint density at radius 2 is 1.80 bits per heavy atom. The van der Waals surface area contributed by atoms with Gasteiger partial charge in [-0.15, -0.1) is 0 Å². The molecule has 0 saturated carbocycles. The highest BCUT2D eigenvalue weighted by Crippen LogP contribution is 2.33. The zero-order chi connectivity index (χ0) is 21.1. The van der Waals surface area contributed by atoms with E-state index in [4.69, 9.17) is 25.8 Å². The molecule has 2 heterocycles. The molecule has 4 rings (SSSR count). The Bertz CT molecular complexity index is 1050. The van der Waals surface area contributed by atoms with Gasteiger partial charge in [0, 0.05) is 29.9 Å². The Morgan fingerprint density at radius 3 is 2.57 bits per heavy atom. The molecule has 0 radical (unpaired) electrons. The molecule has 0 bridgehead atoms. The summed E-state index contributed by atoms with van der Waals surface area (Å²) in [5.41, 5.74) is 0.522. The van der Waals surface area contributed by atoms with Gasteiger partial charge in [-0.05, 0) is 43.2 Å². The van der Waals surface area contributed by atoms with Gasteiger partial charge in [0.2, 0.25) is 10.0 Å². The summed E-state index contributed by atoms with van der Waals surface area (Å²) in [5, 5.41) is 2.98. The van der Waals surface area contributed by atoms with Gasteiger partial charge in [-0.1, -0.05) is 11.6 Å². The second kappa shape index (κ2) is 8.71. The average molecular weight is 453 g/mol. The van der Waals surface area contributed by atoms with Crippen molar-refractivity contribution in [2.75, 3.05) is 38.2 Å². The van der Waals surface area contributed by atoms with Crippen molar-refractivity contribution < 1.29 is 27.4 Å². The minimum Gasteiger partial charge on any atom is -0.486 e. The molecule has 2 aromatic rings. The van der Waals surface area contributed by atoms with Crippen LogP contribution in [0.1, 0.15) is 12.8 Å². The molecule has 1 saturated heterocycles. The van der Waals surface area contributed by atoms with Crippen molar-refractivity contribution in [2.24, 2.45) is 0 Å². The fourth-order valence-corrected chi connectivity index (χ4v) is 5.24. The van der Waals surface area contributed by atoms with E-state index in [0.717, 1.165) is 12.8 Å². The molecule has 0 atom stereocenters. The van der Waals surface area contributed by atoms with E-state index in [1.54, 1.807) is 18.2 Å². The number of nitrogens with zero attached hydrogens (tertiary/aromatic N) is 1. The average Bonchev–Trinajstić information content (AvgIpc) is 3.28. The molecule has 8 nitrogen and oxygen atoms in total. The first-order valence-corrected chi connectivity index (χ1v) is 11.4. The summed E-state index contributed by atoms with van der Waals surface area (Å²) in [5.74, 6) is 0.819. The smallest absolute Gasteiger partial charge is 0.262 e. The SMILES string of the molecule is O=C(COc1ccc(Cl)cc1S(=O)(=O)N1CCCC1)Nc1ccc2c(c1)OCCO2. The minimum absolute atomic E-state index is 0.0379. The Kier molecular flexibility index (Phi) is 6.03. The highest BCUT2D eigenvalue weighted by molar-refractivity contribution is 7.89. The number of amides is 1. The van der Waals surface area contributed by atoms with Crippen molar-refractivity contribution in [3.05, 3.63) is 41.4 Å². The number of halogens is 1. The summed E-state index contributed by atoms with van der Waals surface area (Å²) < 4.78 is 43.8. The highest BCUT2D eigenvalue weighted by Gasteiger charge is 2.30. The molecular weight excluding hydrogens is 432 g/mol. The van der Waals surface area contributed by atoms with Gasteiger partial charge in [0.05, 0.1) is 0 Å². The zero-order valence-corrected chi connectivity index (χ0v) is 17.7. The second-order valence-electron chi connectivity index (χ2n) is 6.90. The minimum atomic E-state index is -3.75. The van der Waals surface area contributed by atoms with Crippen molar-refractivity contribution in [1.29, 1.82) is 0 Å². The first kappa shape index (κ1) is 20.8. The first-order chi connectivity index (χ1) is 14.4. The van der Waals surface area contributed by atoms with Crippen molar-refractivity contribution in [1.82, 2.24) is 4.31 Å². The maximum Gasteiger partial charge on any atom is 0.262 e. The summed E-state index contributed by atoms with van der Waals surface area (Å²) in [6.45, 7) is 1.48. The monoisotopic (exact) mass is 452 g/mol. The number of anilines is 1. The molecule has 2 aliphatic heterocycles. The van der Waals surface area contributed by atoms with Gasteiger partial charge in [-0.2, -0.15) is 4.31 Å². The van der Waals surface area contributed by atoms with Crippen LogP contribution in [0.2, 0.25) is 5.02 Å². The first-order valence-electron chi connectivity index (χ1n) is 9.55. The largest absolute Gasteiger partial charge is 0.486 e. The molecule has 0 unspecified atom stereocenters. The zero-order valence-electron chi connectivity index (χ0n) is 16.1. The van der Waals surface area contributed by atoms with Gasteiger partial charge in [0.15, 0.2) is 18.1 Å². The third-order valence-electron chi connectivity index (χ3n) is 4.77. The summed E-state index contributed by atoms with van der Waals surface area (Å²) in [6, 6.07) is 9.41. The van der Waals surface area contributed by atoms with Crippen LogP contribution in [-0.4, -0.2) is 51.5 Å². The van der Waals surface area contributed by atoms with Crippen LogP contribution < -0.4 is 19.5 Å². The highest BCUT2D eigenvalue weighted by atomic mass is 35.5. The van der Waals surface area contributed by atoms with Gasteiger partial charge in [0.1, 0.15) is 23.9 Å². The summed E-state index contributed by atoms with van der Waals surface area (Å²) >= 11 is 6.02. The van der Waals surface area contributed by atoms with E-state index in [0.29, 0.717) is 43.5 Å². The lowest BCUT2D eigenvalue weighted by molar-refractivity contribution is -0.118. The molecular formula is C20H21ClN2O6S. The fraction of sp³-hybridized carbons (Fsp3) is 0.350. The predicted molar refractivity (Wildman–Crippen MR) is 111 cm³/mol. The number of fused-ring (bicyclic) bond motifs is 1. The normalized spacial score (nSPS) is 16.3. The number of carbonyl (C=O) groups is 1. The number of hydrogen-bond donors (Lipinski definition) is 1. The number of sulfonamides is 1. The second-order valence-corrected chi connectivity index (χ2v) is 9.24. The molecule has 2 aliphatic rings. The fourth-order valence-electron chi connectivity index (χ4n) is 3.33. The Balaban J connectivity index is 1.45. The van der Waals surface area contributed by atoms with Crippen LogP contribution in [0.4, 0.5) is 5.69 Å². The maximum absolute atomic E-state index is 12.9. The predicted octanol–water partition coefficient (Wildman–Crippen LogP) is 2.91. The van der Waals surface area contributed by atoms with E-state index in [1.165, 1.54) is 22.5 Å². The van der Waals surface area contributed by atoms with E-state index < -0.39 is 15.9 Å². The number of rotatable bonds is 6. The summed E-state index contributed by atoms with van der Waals surface area (Å²) in [7, 11) is -3.75. The molecule has 1 fully saturated rings. The number of hydrogen-bond acceptors (Lipinski definition) is 6. The topological polar surface area (TPSA) is 94.2 Å². The van der Waals surface area contributed by atoms with Crippen molar-refractivity contribution in [3.63, 3.8) is 0 Å². The lowest BCUT2D eigenvalue weighted by Crippen LogP contribution is -2.28. The third-order valence-corrected chi connectivity index (χ3v) is 6.93. The van der Waals surface area contributed by atoms with Crippen LogP contribution in [0, 0.1) is 0 Å². The molecule has 30 heavy (non-hydrogen) atoms. The van der Waals surface area contributed by atoms with Crippen molar-refractivity contribution in [2.45, 2.75) is 17.7 Å². The molecule has 0 aromatic heterocycles. The Hall–Kier alpha value is -2.49. The Morgan fingerprint density at radius 1 is 1.07 bits per heavy atom. The van der Waals surface area contributed by atoms with E-state index in [-0.39, 0.29) is 22.3 Å². The lowest BCUT2D eigenvalue weighted by atomic mass is 10.2. The van der Waals surface area contributed by atoms with Gasteiger partial charge in [-0.25, -0.2) is 8.42 Å². The van der Waals surface area contributed by atoms with Crippen LogP contribution in [0.3, 0.4) is 0 Å².